The number of nitrogens with one attached hydrogen (secondary N) is 2. The van der Waals surface area contributed by atoms with Crippen molar-refractivity contribution in [3.05, 3.63) is 0 Å². The van der Waals surface area contributed by atoms with Crippen molar-refractivity contribution in [2.24, 2.45) is 0 Å². The van der Waals surface area contributed by atoms with Crippen LogP contribution in [-0.2, 0) is 0 Å². The van der Waals surface area contributed by atoms with Crippen molar-refractivity contribution in [1.29, 1.82) is 0 Å². The zero-order valence-corrected chi connectivity index (χ0v) is 8.10. The van der Waals surface area contributed by atoms with E-state index < -0.39 is 0 Å². The molecule has 0 aromatic heterocycles. The van der Waals surface area contributed by atoms with E-state index >= 15 is 0 Å². The van der Waals surface area contributed by atoms with Gasteiger partial charge in [-0.3, -0.25) is 0 Å². The fraction of sp³-hybridized carbons (Fsp3) is 1.00. The molecule has 0 aromatic rings. The van der Waals surface area contributed by atoms with Gasteiger partial charge in [0.1, 0.15) is 0 Å². The van der Waals surface area contributed by atoms with Gasteiger partial charge in [-0.15, -0.1) is 0 Å². The number of hydrogen-bond donors (Lipinski definition) is 3. The second-order valence-corrected chi connectivity index (χ2v) is 2.89. The van der Waals surface area contributed by atoms with Crippen LogP contribution >= 0.6 is 0 Å². The third-order valence-corrected chi connectivity index (χ3v) is 1.72. The lowest BCUT2D eigenvalue weighted by Crippen LogP contribution is -2.22. The molecule has 0 bridgehead atoms. The lowest BCUT2D eigenvalue weighted by atomic mass is 10.3. The van der Waals surface area contributed by atoms with Gasteiger partial charge in [0.15, 0.2) is 0 Å². The predicted octanol–water partition coefficient (Wildman–Crippen LogP) is 0.348. The van der Waals surface area contributed by atoms with Crippen LogP contribution in [0.4, 0.5) is 0 Å². The molecule has 0 unspecified atom stereocenters. The highest BCUT2D eigenvalue weighted by atomic mass is 16.2. The molecule has 74 valence electrons. The molecule has 0 spiro atoms. The Bertz CT molecular complexity index is 68.9. The van der Waals surface area contributed by atoms with Crippen LogP contribution in [0.3, 0.4) is 0 Å². The van der Waals surface area contributed by atoms with Gasteiger partial charge in [-0.1, -0.05) is 6.92 Å². The van der Waals surface area contributed by atoms with Crippen molar-refractivity contribution in [2.45, 2.75) is 26.2 Å². The molecule has 0 aromatic carbocycles. The predicted molar refractivity (Wildman–Crippen MR) is 52.4 cm³/mol. The van der Waals surface area contributed by atoms with E-state index in [1.807, 2.05) is 0 Å². The zero-order chi connectivity index (χ0) is 9.07. The zero-order valence-electron chi connectivity index (χ0n) is 8.10. The van der Waals surface area contributed by atoms with Gasteiger partial charge in [-0.25, -0.2) is 0 Å². The highest BCUT2D eigenvalue weighted by molar-refractivity contribution is 4.50. The molecule has 0 radical (unpaired) electrons. The van der Waals surface area contributed by atoms with Crippen molar-refractivity contribution in [2.75, 3.05) is 32.8 Å². The normalized spacial score (nSPS) is 10.5. The second kappa shape index (κ2) is 10.9. The van der Waals surface area contributed by atoms with Crippen LogP contribution in [0.25, 0.3) is 0 Å². The molecule has 0 saturated heterocycles. The maximum absolute atomic E-state index is 8.50. The highest BCUT2D eigenvalue weighted by Gasteiger charge is 1.87. The first-order chi connectivity index (χ1) is 5.91. The van der Waals surface area contributed by atoms with E-state index in [4.69, 9.17) is 5.11 Å². The Balaban J connectivity index is 2.73. The maximum atomic E-state index is 8.50. The molecule has 0 aliphatic carbocycles. The van der Waals surface area contributed by atoms with Gasteiger partial charge in [0, 0.05) is 6.61 Å². The molecule has 3 N–H and O–H groups in total. The van der Waals surface area contributed by atoms with E-state index in [1.54, 1.807) is 0 Å². The number of aliphatic hydroxyl groups is 1. The van der Waals surface area contributed by atoms with Gasteiger partial charge in [-0.05, 0) is 45.4 Å². The lowest BCUT2D eigenvalue weighted by molar-refractivity contribution is 0.283. The van der Waals surface area contributed by atoms with E-state index in [0.717, 1.165) is 39.0 Å². The van der Waals surface area contributed by atoms with Crippen molar-refractivity contribution in [3.8, 4) is 0 Å². The van der Waals surface area contributed by atoms with Gasteiger partial charge in [0.05, 0.1) is 0 Å². The second-order valence-electron chi connectivity index (χ2n) is 2.89. The first-order valence-corrected chi connectivity index (χ1v) is 4.94. The van der Waals surface area contributed by atoms with Gasteiger partial charge in [0.25, 0.3) is 0 Å². The molecule has 12 heavy (non-hydrogen) atoms. The standard InChI is InChI=1S/C9H22N2O/c1-2-10-7-5-8-11-6-3-4-9-12/h10-12H,2-9H2,1H3. The topological polar surface area (TPSA) is 44.3 Å². The minimum Gasteiger partial charge on any atom is -0.396 e. The van der Waals surface area contributed by atoms with E-state index in [-0.39, 0.29) is 0 Å². The Kier molecular flexibility index (Phi) is 10.8. The quantitative estimate of drug-likeness (QED) is 0.442. The van der Waals surface area contributed by atoms with Crippen LogP contribution in [0.5, 0.6) is 0 Å². The molecule has 0 aliphatic rings. The Labute approximate surface area is 75.6 Å². The molecular weight excluding hydrogens is 152 g/mol. The number of hydrogen-bond acceptors (Lipinski definition) is 3. The lowest BCUT2D eigenvalue weighted by Gasteiger charge is -2.03. The Hall–Kier alpha value is -0.120. The van der Waals surface area contributed by atoms with E-state index in [2.05, 4.69) is 17.6 Å². The average molecular weight is 174 g/mol. The number of aliphatic hydroxyl groups excluding tert-OH is 1. The minimum atomic E-state index is 0.319. The summed E-state index contributed by atoms with van der Waals surface area (Å²) in [6.45, 7) is 6.72. The SMILES string of the molecule is CCNCCCNCCCCO. The van der Waals surface area contributed by atoms with Crippen molar-refractivity contribution < 1.29 is 5.11 Å². The summed E-state index contributed by atoms with van der Waals surface area (Å²) < 4.78 is 0. The Morgan fingerprint density at radius 2 is 1.58 bits per heavy atom. The smallest absolute Gasteiger partial charge is 0.0431 e. The first-order valence-electron chi connectivity index (χ1n) is 4.94. The van der Waals surface area contributed by atoms with Crippen molar-refractivity contribution >= 4 is 0 Å². The summed E-state index contributed by atoms with van der Waals surface area (Å²) in [7, 11) is 0. The molecule has 3 nitrogen and oxygen atoms in total. The molecule has 0 aliphatic heterocycles. The molecule has 0 saturated carbocycles. The summed E-state index contributed by atoms with van der Waals surface area (Å²) >= 11 is 0. The summed E-state index contributed by atoms with van der Waals surface area (Å²) in [6.07, 6.45) is 3.19. The fourth-order valence-electron chi connectivity index (χ4n) is 1.00. The van der Waals surface area contributed by atoms with Crippen LogP contribution in [-0.4, -0.2) is 37.9 Å². The highest BCUT2D eigenvalue weighted by Crippen LogP contribution is 1.83. The van der Waals surface area contributed by atoms with Gasteiger partial charge in [-0.2, -0.15) is 0 Å². The van der Waals surface area contributed by atoms with Gasteiger partial charge < -0.3 is 15.7 Å². The van der Waals surface area contributed by atoms with Crippen LogP contribution in [0.15, 0.2) is 0 Å². The number of rotatable bonds is 9. The largest absolute Gasteiger partial charge is 0.396 e. The summed E-state index contributed by atoms with van der Waals surface area (Å²) in [6, 6.07) is 0. The Morgan fingerprint density at radius 1 is 0.917 bits per heavy atom. The third kappa shape index (κ3) is 9.88. The third-order valence-electron chi connectivity index (χ3n) is 1.72. The molecule has 3 heteroatoms. The van der Waals surface area contributed by atoms with Crippen LogP contribution in [0, 0.1) is 0 Å². The number of unbranched alkanes of at least 4 members (excludes halogenated alkanes) is 1. The molecule has 0 atom stereocenters. The molecule has 0 amide bonds. The van der Waals surface area contributed by atoms with E-state index in [0.29, 0.717) is 6.61 Å². The summed E-state index contributed by atoms with van der Waals surface area (Å²) in [5, 5.41) is 15.1. The fourth-order valence-corrected chi connectivity index (χ4v) is 1.00. The van der Waals surface area contributed by atoms with E-state index in [1.165, 1.54) is 6.42 Å². The molecule has 0 fully saturated rings. The maximum Gasteiger partial charge on any atom is 0.0431 e. The Morgan fingerprint density at radius 3 is 2.25 bits per heavy atom. The summed E-state index contributed by atoms with van der Waals surface area (Å²) in [5.74, 6) is 0. The van der Waals surface area contributed by atoms with Crippen LogP contribution in [0.1, 0.15) is 26.2 Å². The molecule has 0 heterocycles. The first kappa shape index (κ1) is 11.9. The molecule has 0 rings (SSSR count). The van der Waals surface area contributed by atoms with Gasteiger partial charge >= 0.3 is 0 Å². The average Bonchev–Trinajstić information content (AvgIpc) is 2.10. The summed E-state index contributed by atoms with van der Waals surface area (Å²) in [5.41, 5.74) is 0. The van der Waals surface area contributed by atoms with Crippen LogP contribution in [0.2, 0.25) is 0 Å². The van der Waals surface area contributed by atoms with Crippen molar-refractivity contribution in [1.82, 2.24) is 10.6 Å². The monoisotopic (exact) mass is 174 g/mol. The summed E-state index contributed by atoms with van der Waals surface area (Å²) in [4.78, 5) is 0. The van der Waals surface area contributed by atoms with Gasteiger partial charge in [0.2, 0.25) is 0 Å². The van der Waals surface area contributed by atoms with Crippen LogP contribution < -0.4 is 10.6 Å². The molecular formula is C9H22N2O. The van der Waals surface area contributed by atoms with Crippen molar-refractivity contribution in [3.63, 3.8) is 0 Å². The minimum absolute atomic E-state index is 0.319. The van der Waals surface area contributed by atoms with E-state index in [9.17, 15) is 0 Å².